The van der Waals surface area contributed by atoms with Gasteiger partial charge in [-0.1, -0.05) is 18.3 Å². The number of carbonyl (C=O) groups excluding carboxylic acids is 1. The Morgan fingerprint density at radius 2 is 2.53 bits per heavy atom. The molecule has 1 saturated heterocycles. The summed E-state index contributed by atoms with van der Waals surface area (Å²) in [6.45, 7) is 3.99. The highest BCUT2D eigenvalue weighted by molar-refractivity contribution is 7.15. The summed E-state index contributed by atoms with van der Waals surface area (Å²) in [5, 5.41) is 15.3. The lowest BCUT2D eigenvalue weighted by atomic mass is 10.3. The monoisotopic (exact) mass is 256 g/mol. The molecule has 1 fully saturated rings. The first-order valence-corrected chi connectivity index (χ1v) is 6.57. The van der Waals surface area contributed by atoms with E-state index in [-0.39, 0.29) is 5.91 Å². The molecule has 17 heavy (non-hydrogen) atoms. The summed E-state index contributed by atoms with van der Waals surface area (Å²) < 4.78 is 5.35. The Balaban J connectivity index is 1.88. The van der Waals surface area contributed by atoms with Gasteiger partial charge in [0.15, 0.2) is 0 Å². The van der Waals surface area contributed by atoms with Gasteiger partial charge < -0.3 is 10.1 Å². The average Bonchev–Trinajstić information content (AvgIpc) is 2.78. The van der Waals surface area contributed by atoms with E-state index in [2.05, 4.69) is 27.8 Å². The molecular formula is C10H16N4O2S. The van der Waals surface area contributed by atoms with Crippen molar-refractivity contribution >= 4 is 22.4 Å². The van der Waals surface area contributed by atoms with Gasteiger partial charge in [0.05, 0.1) is 6.61 Å². The van der Waals surface area contributed by atoms with Gasteiger partial charge in [-0.25, -0.2) is 0 Å². The van der Waals surface area contributed by atoms with Crippen molar-refractivity contribution < 1.29 is 9.53 Å². The molecule has 1 aliphatic rings. The van der Waals surface area contributed by atoms with Crippen molar-refractivity contribution in [3.8, 4) is 0 Å². The zero-order valence-corrected chi connectivity index (χ0v) is 10.5. The van der Waals surface area contributed by atoms with Crippen LogP contribution in [0, 0.1) is 0 Å². The van der Waals surface area contributed by atoms with Crippen LogP contribution >= 0.6 is 11.3 Å². The number of ether oxygens (including phenoxy) is 1. The summed E-state index contributed by atoms with van der Waals surface area (Å²) in [4.78, 5) is 11.8. The molecular weight excluding hydrogens is 240 g/mol. The van der Waals surface area contributed by atoms with Gasteiger partial charge in [-0.3, -0.25) is 10.1 Å². The number of hydrogen-bond acceptors (Lipinski definition) is 6. The third-order valence-corrected chi connectivity index (χ3v) is 3.28. The van der Waals surface area contributed by atoms with Crippen molar-refractivity contribution in [3.05, 3.63) is 5.01 Å². The number of carbonyl (C=O) groups is 1. The van der Waals surface area contributed by atoms with Crippen LogP contribution in [0.5, 0.6) is 0 Å². The van der Waals surface area contributed by atoms with Crippen LogP contribution in [-0.2, 0) is 16.0 Å². The van der Waals surface area contributed by atoms with Gasteiger partial charge in [0.2, 0.25) is 5.13 Å². The van der Waals surface area contributed by atoms with E-state index in [0.717, 1.165) is 24.4 Å². The summed E-state index contributed by atoms with van der Waals surface area (Å²) >= 11 is 1.42. The van der Waals surface area contributed by atoms with Crippen LogP contribution in [0.4, 0.5) is 5.13 Å². The van der Waals surface area contributed by atoms with Gasteiger partial charge in [-0.05, 0) is 6.42 Å². The van der Waals surface area contributed by atoms with Crippen molar-refractivity contribution in [3.63, 3.8) is 0 Å². The maximum absolute atomic E-state index is 11.8. The van der Waals surface area contributed by atoms with Crippen molar-refractivity contribution in [1.82, 2.24) is 15.5 Å². The molecule has 0 saturated carbocycles. The van der Waals surface area contributed by atoms with Crippen molar-refractivity contribution in [2.75, 3.05) is 25.0 Å². The number of aryl methyl sites for hydroxylation is 1. The fraction of sp³-hybridized carbons (Fsp3) is 0.700. The van der Waals surface area contributed by atoms with Crippen LogP contribution < -0.4 is 10.6 Å². The second-order valence-electron chi connectivity index (χ2n) is 3.80. The van der Waals surface area contributed by atoms with Gasteiger partial charge in [0.1, 0.15) is 11.1 Å². The zero-order chi connectivity index (χ0) is 12.1. The van der Waals surface area contributed by atoms with Gasteiger partial charge in [-0.2, -0.15) is 0 Å². The molecule has 1 aliphatic heterocycles. The van der Waals surface area contributed by atoms with Crippen LogP contribution in [0.15, 0.2) is 0 Å². The molecule has 0 radical (unpaired) electrons. The molecule has 2 rings (SSSR count). The Hall–Kier alpha value is -1.05. The first kappa shape index (κ1) is 12.4. The second-order valence-corrected chi connectivity index (χ2v) is 4.87. The maximum atomic E-state index is 11.8. The summed E-state index contributed by atoms with van der Waals surface area (Å²) in [5.74, 6) is -0.156. The molecule has 2 N–H and O–H groups in total. The molecule has 7 heteroatoms. The lowest BCUT2D eigenvalue weighted by Crippen LogP contribution is -2.45. The third-order valence-electron chi connectivity index (χ3n) is 2.38. The van der Waals surface area contributed by atoms with Gasteiger partial charge >= 0.3 is 0 Å². The maximum Gasteiger partial charge on any atom is 0.256 e. The Labute approximate surface area is 104 Å². The standard InChI is InChI=1S/C10H16N4O2S/c1-2-3-8-13-14-10(17-8)12-9(15)7-6-11-4-5-16-7/h7,11H,2-6H2,1H3,(H,12,14,15). The molecule has 0 bridgehead atoms. The molecule has 0 spiro atoms. The Morgan fingerprint density at radius 3 is 3.24 bits per heavy atom. The molecule has 1 aromatic rings. The number of rotatable bonds is 4. The Kier molecular flexibility index (Phi) is 4.41. The molecule has 1 atom stereocenters. The Bertz CT molecular complexity index is 376. The van der Waals surface area contributed by atoms with E-state index in [1.54, 1.807) is 0 Å². The number of amides is 1. The highest BCUT2D eigenvalue weighted by Gasteiger charge is 2.22. The minimum Gasteiger partial charge on any atom is -0.366 e. The van der Waals surface area contributed by atoms with E-state index in [1.807, 2.05) is 0 Å². The van der Waals surface area contributed by atoms with Gasteiger partial charge in [0.25, 0.3) is 5.91 Å². The molecule has 1 aromatic heterocycles. The van der Waals surface area contributed by atoms with E-state index >= 15 is 0 Å². The second kappa shape index (κ2) is 6.04. The normalized spacial score (nSPS) is 20.2. The number of nitrogens with zero attached hydrogens (tertiary/aromatic N) is 2. The molecule has 0 aliphatic carbocycles. The highest BCUT2D eigenvalue weighted by atomic mass is 32.1. The van der Waals surface area contributed by atoms with Crippen LogP contribution in [0.25, 0.3) is 0 Å². The van der Waals surface area contributed by atoms with E-state index < -0.39 is 6.10 Å². The number of nitrogens with one attached hydrogen (secondary N) is 2. The number of anilines is 1. The van der Waals surface area contributed by atoms with E-state index in [9.17, 15) is 4.79 Å². The fourth-order valence-electron chi connectivity index (χ4n) is 1.54. The summed E-state index contributed by atoms with van der Waals surface area (Å²) in [6, 6.07) is 0. The topological polar surface area (TPSA) is 76.1 Å². The number of hydrogen-bond donors (Lipinski definition) is 2. The van der Waals surface area contributed by atoms with Gasteiger partial charge in [0, 0.05) is 19.5 Å². The van der Waals surface area contributed by atoms with Gasteiger partial charge in [-0.15, -0.1) is 10.2 Å². The molecule has 1 amide bonds. The molecule has 2 heterocycles. The van der Waals surface area contributed by atoms with Crippen LogP contribution in [0.2, 0.25) is 0 Å². The fourth-order valence-corrected chi connectivity index (χ4v) is 2.38. The average molecular weight is 256 g/mol. The smallest absolute Gasteiger partial charge is 0.256 e. The van der Waals surface area contributed by atoms with Crippen molar-refractivity contribution in [1.29, 1.82) is 0 Å². The highest BCUT2D eigenvalue weighted by Crippen LogP contribution is 2.16. The molecule has 6 nitrogen and oxygen atoms in total. The van der Waals surface area contributed by atoms with Crippen LogP contribution in [0.3, 0.4) is 0 Å². The van der Waals surface area contributed by atoms with Crippen LogP contribution in [-0.4, -0.2) is 41.9 Å². The Morgan fingerprint density at radius 1 is 1.65 bits per heavy atom. The number of morpholine rings is 1. The minimum absolute atomic E-state index is 0.156. The predicted molar refractivity (Wildman–Crippen MR) is 65.1 cm³/mol. The molecule has 0 aromatic carbocycles. The lowest BCUT2D eigenvalue weighted by molar-refractivity contribution is -0.128. The molecule has 1 unspecified atom stereocenters. The van der Waals surface area contributed by atoms with Crippen molar-refractivity contribution in [2.45, 2.75) is 25.9 Å². The van der Waals surface area contributed by atoms with E-state index in [4.69, 9.17) is 4.74 Å². The first-order chi connectivity index (χ1) is 8.29. The van der Waals surface area contributed by atoms with E-state index in [0.29, 0.717) is 18.3 Å². The summed E-state index contributed by atoms with van der Waals surface area (Å²) in [7, 11) is 0. The van der Waals surface area contributed by atoms with E-state index in [1.165, 1.54) is 11.3 Å². The summed E-state index contributed by atoms with van der Waals surface area (Å²) in [6.07, 6.45) is 1.50. The minimum atomic E-state index is -0.428. The number of aromatic nitrogens is 2. The predicted octanol–water partition coefficient (Wildman–Crippen LogP) is 0.417. The lowest BCUT2D eigenvalue weighted by Gasteiger charge is -2.21. The first-order valence-electron chi connectivity index (χ1n) is 5.75. The SMILES string of the molecule is CCCc1nnc(NC(=O)C2CNCCO2)s1. The molecule has 94 valence electrons. The van der Waals surface area contributed by atoms with Crippen molar-refractivity contribution in [2.24, 2.45) is 0 Å². The quantitative estimate of drug-likeness (QED) is 0.816. The largest absolute Gasteiger partial charge is 0.366 e. The van der Waals surface area contributed by atoms with Crippen LogP contribution in [0.1, 0.15) is 18.4 Å². The third kappa shape index (κ3) is 3.45. The summed E-state index contributed by atoms with van der Waals surface area (Å²) in [5.41, 5.74) is 0. The zero-order valence-electron chi connectivity index (χ0n) is 9.73.